The molecule has 2 rings (SSSR count). The van der Waals surface area contributed by atoms with Crippen LogP contribution in [0.4, 0.5) is 0 Å². The van der Waals surface area contributed by atoms with Gasteiger partial charge in [-0.05, 0) is 43.4 Å². The van der Waals surface area contributed by atoms with Gasteiger partial charge in [0.2, 0.25) is 0 Å². The lowest BCUT2D eigenvalue weighted by Crippen LogP contribution is -2.43. The average molecular weight is 209 g/mol. The zero-order chi connectivity index (χ0) is 10.9. The van der Waals surface area contributed by atoms with Gasteiger partial charge in [-0.2, -0.15) is 0 Å². The van der Waals surface area contributed by atoms with Crippen LogP contribution in [0.2, 0.25) is 0 Å². The molecule has 3 unspecified atom stereocenters. The second-order valence-electron chi connectivity index (χ2n) is 6.38. The lowest BCUT2D eigenvalue weighted by atomic mass is 9.87. The van der Waals surface area contributed by atoms with Crippen LogP contribution in [-0.2, 0) is 0 Å². The highest BCUT2D eigenvalue weighted by atomic mass is 15.0. The Labute approximate surface area is 95.0 Å². The van der Waals surface area contributed by atoms with Gasteiger partial charge in [0, 0.05) is 12.1 Å². The van der Waals surface area contributed by atoms with Gasteiger partial charge in [-0.25, -0.2) is 0 Å². The van der Waals surface area contributed by atoms with E-state index in [1.54, 1.807) is 0 Å². The van der Waals surface area contributed by atoms with Crippen molar-refractivity contribution in [2.75, 3.05) is 0 Å². The van der Waals surface area contributed by atoms with Crippen LogP contribution >= 0.6 is 0 Å². The van der Waals surface area contributed by atoms with Crippen molar-refractivity contribution in [1.82, 2.24) is 5.32 Å². The fourth-order valence-corrected chi connectivity index (χ4v) is 3.52. The van der Waals surface area contributed by atoms with Crippen LogP contribution in [0.3, 0.4) is 0 Å². The second-order valence-corrected chi connectivity index (χ2v) is 6.38. The molecule has 2 aliphatic carbocycles. The van der Waals surface area contributed by atoms with Gasteiger partial charge in [-0.3, -0.25) is 0 Å². The van der Waals surface area contributed by atoms with Gasteiger partial charge in [-0.1, -0.05) is 33.6 Å². The molecule has 3 atom stereocenters. The maximum absolute atomic E-state index is 3.93. The summed E-state index contributed by atoms with van der Waals surface area (Å²) >= 11 is 0. The first-order valence-corrected chi connectivity index (χ1v) is 6.88. The first kappa shape index (κ1) is 11.4. The minimum atomic E-state index is 0.546. The smallest absolute Gasteiger partial charge is 0.0121 e. The Morgan fingerprint density at radius 3 is 2.53 bits per heavy atom. The van der Waals surface area contributed by atoms with E-state index in [-0.39, 0.29) is 0 Å². The normalized spacial score (nSPS) is 39.8. The molecular formula is C14H27N. The predicted molar refractivity (Wildman–Crippen MR) is 66.0 cm³/mol. The molecule has 1 N–H and O–H groups in total. The predicted octanol–water partition coefficient (Wildman–Crippen LogP) is 3.73. The Morgan fingerprint density at radius 2 is 2.00 bits per heavy atom. The summed E-state index contributed by atoms with van der Waals surface area (Å²) in [4.78, 5) is 0. The fourth-order valence-electron chi connectivity index (χ4n) is 3.52. The fraction of sp³-hybridized carbons (Fsp3) is 1.00. The number of rotatable bonds is 3. The van der Waals surface area contributed by atoms with Crippen LogP contribution in [-0.4, -0.2) is 12.1 Å². The lowest BCUT2D eigenvalue weighted by molar-refractivity contribution is 0.259. The summed E-state index contributed by atoms with van der Waals surface area (Å²) in [5.74, 6) is 1.01. The maximum atomic E-state index is 3.93. The van der Waals surface area contributed by atoms with Gasteiger partial charge < -0.3 is 5.32 Å². The van der Waals surface area contributed by atoms with E-state index >= 15 is 0 Å². The maximum Gasteiger partial charge on any atom is 0.0121 e. The van der Waals surface area contributed by atoms with Crippen molar-refractivity contribution in [1.29, 1.82) is 0 Å². The Kier molecular flexibility index (Phi) is 3.39. The molecule has 15 heavy (non-hydrogen) atoms. The molecule has 0 aromatic heterocycles. The third kappa shape index (κ3) is 2.55. The Balaban J connectivity index is 1.82. The molecule has 0 spiro atoms. The second kappa shape index (κ2) is 4.45. The average Bonchev–Trinajstić information content (AvgIpc) is 2.75. The van der Waals surface area contributed by atoms with Crippen LogP contribution in [0.25, 0.3) is 0 Å². The Bertz CT molecular complexity index is 209. The quantitative estimate of drug-likeness (QED) is 0.747. The molecule has 0 amide bonds. The van der Waals surface area contributed by atoms with Crippen molar-refractivity contribution < 1.29 is 0 Å². The summed E-state index contributed by atoms with van der Waals surface area (Å²) in [7, 11) is 0. The first-order chi connectivity index (χ1) is 7.12. The van der Waals surface area contributed by atoms with E-state index in [4.69, 9.17) is 0 Å². The molecule has 1 heteroatoms. The highest BCUT2D eigenvalue weighted by Gasteiger charge is 2.36. The molecule has 2 aliphatic rings. The van der Waals surface area contributed by atoms with Crippen LogP contribution in [0.5, 0.6) is 0 Å². The summed E-state index contributed by atoms with van der Waals surface area (Å²) in [6, 6.07) is 1.62. The summed E-state index contributed by atoms with van der Waals surface area (Å²) in [5.41, 5.74) is 0.546. The standard InChI is InChI=1S/C14H27N/c1-4-11-7-8-12(10-11)15-13-6-5-9-14(13,2)3/h11-13,15H,4-10H2,1-3H3. The van der Waals surface area contributed by atoms with Crippen molar-refractivity contribution >= 4 is 0 Å². The number of hydrogen-bond donors (Lipinski definition) is 1. The molecule has 1 nitrogen and oxygen atoms in total. The Hall–Kier alpha value is -0.0400. The third-order valence-corrected chi connectivity index (χ3v) is 4.81. The summed E-state index contributed by atoms with van der Waals surface area (Å²) in [6.45, 7) is 7.21. The van der Waals surface area contributed by atoms with E-state index in [1.165, 1.54) is 44.9 Å². The van der Waals surface area contributed by atoms with E-state index in [1.807, 2.05) is 0 Å². The molecule has 2 saturated carbocycles. The molecule has 0 aromatic carbocycles. The highest BCUT2D eigenvalue weighted by Crippen LogP contribution is 2.39. The lowest BCUT2D eigenvalue weighted by Gasteiger charge is -2.30. The van der Waals surface area contributed by atoms with Crippen molar-refractivity contribution in [3.8, 4) is 0 Å². The zero-order valence-electron chi connectivity index (χ0n) is 10.7. The van der Waals surface area contributed by atoms with E-state index in [2.05, 4.69) is 26.1 Å². The summed E-state index contributed by atoms with van der Waals surface area (Å²) in [6.07, 6.45) is 9.94. The molecule has 2 fully saturated rings. The van der Waals surface area contributed by atoms with Crippen LogP contribution in [0.1, 0.15) is 65.7 Å². The minimum Gasteiger partial charge on any atom is -0.311 e. The van der Waals surface area contributed by atoms with Gasteiger partial charge in [0.05, 0.1) is 0 Å². The van der Waals surface area contributed by atoms with E-state index in [9.17, 15) is 0 Å². The van der Waals surface area contributed by atoms with E-state index < -0.39 is 0 Å². The van der Waals surface area contributed by atoms with Gasteiger partial charge in [-0.15, -0.1) is 0 Å². The molecule has 0 bridgehead atoms. The monoisotopic (exact) mass is 209 g/mol. The van der Waals surface area contributed by atoms with Gasteiger partial charge in [0.1, 0.15) is 0 Å². The first-order valence-electron chi connectivity index (χ1n) is 6.88. The van der Waals surface area contributed by atoms with Crippen molar-refractivity contribution in [3.05, 3.63) is 0 Å². The van der Waals surface area contributed by atoms with Crippen molar-refractivity contribution in [2.45, 2.75) is 77.8 Å². The zero-order valence-corrected chi connectivity index (χ0v) is 10.7. The van der Waals surface area contributed by atoms with E-state index in [0.29, 0.717) is 5.41 Å². The molecule has 88 valence electrons. The van der Waals surface area contributed by atoms with Crippen LogP contribution in [0, 0.1) is 11.3 Å². The Morgan fingerprint density at radius 1 is 1.20 bits per heavy atom. The minimum absolute atomic E-state index is 0.546. The van der Waals surface area contributed by atoms with Crippen molar-refractivity contribution in [3.63, 3.8) is 0 Å². The molecule has 0 aromatic rings. The van der Waals surface area contributed by atoms with Crippen LogP contribution in [0.15, 0.2) is 0 Å². The molecular weight excluding hydrogens is 182 g/mol. The SMILES string of the molecule is CCC1CCC(NC2CCCC2(C)C)C1. The number of hydrogen-bond acceptors (Lipinski definition) is 1. The van der Waals surface area contributed by atoms with Gasteiger partial charge >= 0.3 is 0 Å². The topological polar surface area (TPSA) is 12.0 Å². The summed E-state index contributed by atoms with van der Waals surface area (Å²) < 4.78 is 0. The largest absolute Gasteiger partial charge is 0.311 e. The molecule has 0 saturated heterocycles. The molecule has 0 radical (unpaired) electrons. The van der Waals surface area contributed by atoms with Crippen molar-refractivity contribution in [2.24, 2.45) is 11.3 Å². The van der Waals surface area contributed by atoms with E-state index in [0.717, 1.165) is 18.0 Å². The highest BCUT2D eigenvalue weighted by molar-refractivity contribution is 4.93. The van der Waals surface area contributed by atoms with Crippen LogP contribution < -0.4 is 5.32 Å². The number of nitrogens with one attached hydrogen (secondary N) is 1. The van der Waals surface area contributed by atoms with Gasteiger partial charge in [0.15, 0.2) is 0 Å². The van der Waals surface area contributed by atoms with Gasteiger partial charge in [0.25, 0.3) is 0 Å². The molecule has 0 aliphatic heterocycles. The third-order valence-electron chi connectivity index (χ3n) is 4.81. The molecule has 0 heterocycles. The summed E-state index contributed by atoms with van der Waals surface area (Å²) in [5, 5.41) is 3.93.